The maximum atomic E-state index is 12.2. The molecule has 0 aliphatic carbocycles. The molecular weight excluding hydrogens is 346 g/mol. The molecule has 0 saturated carbocycles. The first-order valence-electron chi connectivity index (χ1n) is 7.63. The molecule has 1 N–H and O–H groups in total. The fourth-order valence-electron chi connectivity index (χ4n) is 2.64. The lowest BCUT2D eigenvalue weighted by atomic mass is 10.1. The number of carbonyl (C=O) groups is 1. The van der Waals surface area contributed by atoms with Gasteiger partial charge in [-0.25, -0.2) is 0 Å². The second-order valence-corrected chi connectivity index (χ2v) is 6.91. The number of hydrogen-bond acceptors (Lipinski definition) is 4. The van der Waals surface area contributed by atoms with Crippen molar-refractivity contribution in [1.82, 2.24) is 0 Å². The number of anilines is 1. The van der Waals surface area contributed by atoms with Gasteiger partial charge >= 0.3 is 0 Å². The number of para-hydroxylation sites is 2. The molecule has 6 heteroatoms. The first kappa shape index (κ1) is 17.1. The lowest BCUT2D eigenvalue weighted by Crippen LogP contribution is -2.28. The van der Waals surface area contributed by atoms with E-state index in [1.165, 1.54) is 0 Å². The van der Waals surface area contributed by atoms with E-state index in [1.807, 2.05) is 48.5 Å². The molecule has 2 unspecified atom stereocenters. The number of aliphatic hydroxyl groups excluding tert-OH is 1. The van der Waals surface area contributed by atoms with Gasteiger partial charge in [-0.1, -0.05) is 42.1 Å². The normalized spacial score (nSPS) is 17.5. The quantitative estimate of drug-likeness (QED) is 0.820. The molecule has 0 saturated heterocycles. The van der Waals surface area contributed by atoms with Crippen molar-refractivity contribution in [3.05, 3.63) is 54.1 Å². The molecule has 1 heterocycles. The van der Waals surface area contributed by atoms with Crippen LogP contribution in [0.1, 0.15) is 17.9 Å². The highest BCUT2D eigenvalue weighted by molar-refractivity contribution is 8.00. The molecule has 0 fully saturated rings. The molecule has 0 bridgehead atoms. The van der Waals surface area contributed by atoms with E-state index in [1.54, 1.807) is 23.6 Å². The van der Waals surface area contributed by atoms with Crippen LogP contribution in [0, 0.1) is 0 Å². The van der Waals surface area contributed by atoms with Crippen molar-refractivity contribution in [2.24, 2.45) is 0 Å². The summed E-state index contributed by atoms with van der Waals surface area (Å²) in [7, 11) is 0. The van der Waals surface area contributed by atoms with Crippen LogP contribution < -0.4 is 9.64 Å². The fraction of sp³-hybridized carbons (Fsp3) is 0.278. The van der Waals surface area contributed by atoms with Gasteiger partial charge in [-0.15, -0.1) is 11.6 Å². The summed E-state index contributed by atoms with van der Waals surface area (Å²) in [4.78, 5) is 15.1. The van der Waals surface area contributed by atoms with Crippen LogP contribution in [0.4, 0.5) is 5.69 Å². The lowest BCUT2D eigenvalue weighted by Gasteiger charge is -2.25. The second-order valence-electron chi connectivity index (χ2n) is 5.48. The van der Waals surface area contributed by atoms with Crippen molar-refractivity contribution in [1.29, 1.82) is 0 Å². The topological polar surface area (TPSA) is 49.8 Å². The maximum Gasteiger partial charge on any atom is 0.225 e. The number of rotatable bonds is 5. The highest BCUT2D eigenvalue weighted by atomic mass is 35.5. The number of aliphatic hydroxyl groups is 1. The van der Waals surface area contributed by atoms with Crippen molar-refractivity contribution in [3.63, 3.8) is 0 Å². The van der Waals surface area contributed by atoms with Crippen molar-refractivity contribution in [2.75, 3.05) is 17.4 Å². The number of nitrogens with zero attached hydrogens (tertiary/aromatic N) is 1. The monoisotopic (exact) mass is 363 g/mol. The van der Waals surface area contributed by atoms with Crippen LogP contribution in [0.3, 0.4) is 0 Å². The largest absolute Gasteiger partial charge is 0.490 e. The first-order chi connectivity index (χ1) is 11.6. The van der Waals surface area contributed by atoms with E-state index in [2.05, 4.69) is 0 Å². The average molecular weight is 364 g/mol. The molecule has 0 spiro atoms. The minimum atomic E-state index is -0.725. The zero-order valence-electron chi connectivity index (χ0n) is 13.2. The van der Waals surface area contributed by atoms with E-state index in [9.17, 15) is 9.90 Å². The molecule has 1 amide bonds. The molecule has 24 heavy (non-hydrogen) atoms. The zero-order valence-corrected chi connectivity index (χ0v) is 14.8. The number of carbonyl (C=O) groups excluding carboxylic acids is 1. The minimum absolute atomic E-state index is 0.0203. The van der Waals surface area contributed by atoms with Gasteiger partial charge in [0.05, 0.1) is 11.6 Å². The second kappa shape index (κ2) is 7.47. The molecule has 3 rings (SSSR count). The molecule has 1 aliphatic heterocycles. The van der Waals surface area contributed by atoms with E-state index >= 15 is 0 Å². The standard InChI is InChI=1S/C18H18ClNO3S/c1-12(21)20-15-7-3-5-9-17(15)24-18(20)14-6-2-4-8-16(14)23-11-13(22)10-19/h2-9,13,18,22H,10-11H2,1H3. The summed E-state index contributed by atoms with van der Waals surface area (Å²) in [5.41, 5.74) is 1.81. The van der Waals surface area contributed by atoms with Crippen LogP contribution in [0.25, 0.3) is 0 Å². The number of thioether (sulfide) groups is 1. The predicted molar refractivity (Wildman–Crippen MR) is 96.9 cm³/mol. The number of halogens is 1. The van der Waals surface area contributed by atoms with Gasteiger partial charge in [0.1, 0.15) is 23.8 Å². The van der Waals surface area contributed by atoms with Crippen molar-refractivity contribution < 1.29 is 14.6 Å². The minimum Gasteiger partial charge on any atom is -0.490 e. The molecule has 0 aromatic heterocycles. The third-order valence-electron chi connectivity index (χ3n) is 3.73. The molecule has 0 radical (unpaired) electrons. The van der Waals surface area contributed by atoms with E-state index in [4.69, 9.17) is 16.3 Å². The maximum absolute atomic E-state index is 12.2. The molecule has 2 aromatic rings. The zero-order chi connectivity index (χ0) is 17.1. The summed E-state index contributed by atoms with van der Waals surface area (Å²) in [5.74, 6) is 0.747. The Labute approximate surface area is 150 Å². The highest BCUT2D eigenvalue weighted by Gasteiger charge is 2.35. The van der Waals surface area contributed by atoms with Crippen LogP contribution in [0.2, 0.25) is 0 Å². The van der Waals surface area contributed by atoms with Gasteiger partial charge in [-0.3, -0.25) is 9.69 Å². The Morgan fingerprint density at radius 3 is 2.75 bits per heavy atom. The molecule has 2 atom stereocenters. The van der Waals surface area contributed by atoms with E-state index in [0.29, 0.717) is 5.75 Å². The molecular formula is C18H18ClNO3S. The van der Waals surface area contributed by atoms with Gasteiger partial charge in [0.2, 0.25) is 5.91 Å². The predicted octanol–water partition coefficient (Wildman–Crippen LogP) is 3.82. The summed E-state index contributed by atoms with van der Waals surface area (Å²) in [5, 5.41) is 9.44. The van der Waals surface area contributed by atoms with E-state index in [-0.39, 0.29) is 23.8 Å². The number of hydrogen-bond donors (Lipinski definition) is 1. The van der Waals surface area contributed by atoms with E-state index in [0.717, 1.165) is 16.1 Å². The third kappa shape index (κ3) is 3.38. The van der Waals surface area contributed by atoms with Crippen LogP contribution in [-0.4, -0.2) is 29.6 Å². The smallest absolute Gasteiger partial charge is 0.225 e. The van der Waals surface area contributed by atoms with Crippen LogP contribution >= 0.6 is 23.4 Å². The molecule has 1 aliphatic rings. The Kier molecular flexibility index (Phi) is 5.33. The van der Waals surface area contributed by atoms with Gasteiger partial charge in [0, 0.05) is 17.4 Å². The van der Waals surface area contributed by atoms with Gasteiger partial charge in [0.15, 0.2) is 0 Å². The Balaban J connectivity index is 1.93. The van der Waals surface area contributed by atoms with Crippen LogP contribution in [0.5, 0.6) is 5.75 Å². The highest BCUT2D eigenvalue weighted by Crippen LogP contribution is 2.52. The van der Waals surface area contributed by atoms with Crippen molar-refractivity contribution in [2.45, 2.75) is 23.3 Å². The summed E-state index contributed by atoms with van der Waals surface area (Å²) in [6.07, 6.45) is -0.725. The van der Waals surface area contributed by atoms with E-state index < -0.39 is 6.10 Å². The molecule has 126 valence electrons. The summed E-state index contributed by atoms with van der Waals surface area (Å²) in [6.45, 7) is 1.68. The van der Waals surface area contributed by atoms with Crippen molar-refractivity contribution in [3.8, 4) is 5.75 Å². The number of alkyl halides is 1. The Morgan fingerprint density at radius 2 is 2.00 bits per heavy atom. The Bertz CT molecular complexity index is 740. The number of fused-ring (bicyclic) bond motifs is 1. The Hall–Kier alpha value is -1.69. The Morgan fingerprint density at radius 1 is 1.29 bits per heavy atom. The van der Waals surface area contributed by atoms with Crippen LogP contribution in [0.15, 0.2) is 53.4 Å². The third-order valence-corrected chi connectivity index (χ3v) is 5.37. The van der Waals surface area contributed by atoms with Gasteiger partial charge in [-0.2, -0.15) is 0 Å². The van der Waals surface area contributed by atoms with Gasteiger partial charge < -0.3 is 9.84 Å². The number of amides is 1. The summed E-state index contributed by atoms with van der Waals surface area (Å²) >= 11 is 7.24. The number of ether oxygens (including phenoxy) is 1. The summed E-state index contributed by atoms with van der Waals surface area (Å²) < 4.78 is 5.74. The number of benzene rings is 2. The first-order valence-corrected chi connectivity index (χ1v) is 9.04. The SMILES string of the molecule is CC(=O)N1c2ccccc2SC1c1ccccc1OCC(O)CCl. The van der Waals surface area contributed by atoms with Crippen molar-refractivity contribution >= 4 is 35.0 Å². The molecule has 4 nitrogen and oxygen atoms in total. The summed E-state index contributed by atoms with van der Waals surface area (Å²) in [6, 6.07) is 15.4. The lowest BCUT2D eigenvalue weighted by molar-refractivity contribution is -0.116. The average Bonchev–Trinajstić information content (AvgIpc) is 2.99. The van der Waals surface area contributed by atoms with Gasteiger partial charge in [0.25, 0.3) is 0 Å². The fourth-order valence-corrected chi connectivity index (χ4v) is 4.10. The van der Waals surface area contributed by atoms with Crippen LogP contribution in [-0.2, 0) is 4.79 Å². The molecule has 2 aromatic carbocycles. The van der Waals surface area contributed by atoms with Gasteiger partial charge in [-0.05, 0) is 18.2 Å².